The monoisotopic (exact) mass is 282 g/mol. The number of aliphatic hydroxyl groups is 1. The summed E-state index contributed by atoms with van der Waals surface area (Å²) < 4.78 is 0. The zero-order valence-corrected chi connectivity index (χ0v) is 11.5. The molecule has 0 atom stereocenters. The summed E-state index contributed by atoms with van der Waals surface area (Å²) in [4.78, 5) is 16.0. The van der Waals surface area contributed by atoms with E-state index in [2.05, 4.69) is 32.3 Å². The summed E-state index contributed by atoms with van der Waals surface area (Å²) >= 11 is 0. The van der Waals surface area contributed by atoms with Crippen molar-refractivity contribution in [2.45, 2.75) is 13.3 Å². The van der Waals surface area contributed by atoms with Crippen molar-refractivity contribution in [3.05, 3.63) is 47.3 Å². The minimum atomic E-state index is -0.322. The zero-order chi connectivity index (χ0) is 15.1. The molecule has 0 aliphatic carbocycles. The van der Waals surface area contributed by atoms with Crippen LogP contribution in [0.15, 0.2) is 30.6 Å². The molecule has 2 aromatic rings. The van der Waals surface area contributed by atoms with Gasteiger partial charge in [0.05, 0.1) is 19.0 Å². The van der Waals surface area contributed by atoms with Crippen LogP contribution in [0.25, 0.3) is 0 Å². The zero-order valence-electron chi connectivity index (χ0n) is 11.5. The summed E-state index contributed by atoms with van der Waals surface area (Å²) in [7, 11) is 0. The molecule has 0 aliphatic heterocycles. The molecule has 0 saturated carbocycles. The van der Waals surface area contributed by atoms with Crippen LogP contribution in [0.4, 0.5) is 5.95 Å². The quantitative estimate of drug-likeness (QED) is 0.825. The van der Waals surface area contributed by atoms with Crippen molar-refractivity contribution in [2.24, 2.45) is 0 Å². The normalized spacial score (nSPS) is 9.62. The van der Waals surface area contributed by atoms with Crippen molar-refractivity contribution in [2.75, 3.05) is 11.9 Å². The molecule has 2 N–H and O–H groups in total. The number of aromatic nitrogens is 3. The molecule has 0 spiro atoms. The molecular formula is C15H14N4O2. The van der Waals surface area contributed by atoms with E-state index in [-0.39, 0.29) is 18.5 Å². The Kier molecular flexibility index (Phi) is 4.96. The van der Waals surface area contributed by atoms with Crippen LogP contribution in [0.2, 0.25) is 0 Å². The third-order valence-corrected chi connectivity index (χ3v) is 2.52. The number of hydrogen-bond donors (Lipinski definition) is 2. The first-order valence-electron chi connectivity index (χ1n) is 6.35. The van der Waals surface area contributed by atoms with Gasteiger partial charge in [0.1, 0.15) is 0 Å². The lowest BCUT2D eigenvalue weighted by Crippen LogP contribution is -2.14. The average molecular weight is 282 g/mol. The summed E-state index contributed by atoms with van der Waals surface area (Å²) in [6.45, 7) is 1.90. The van der Waals surface area contributed by atoms with Crippen molar-refractivity contribution in [1.82, 2.24) is 15.2 Å². The topological polar surface area (TPSA) is 88.0 Å². The number of rotatable bonds is 3. The second-order valence-electron chi connectivity index (χ2n) is 4.28. The van der Waals surface area contributed by atoms with E-state index in [1.54, 1.807) is 12.1 Å². The molecule has 6 heteroatoms. The maximum atomic E-state index is 12.1. The molecule has 6 nitrogen and oxygen atoms in total. The number of carbonyl (C=O) groups is 1. The lowest BCUT2D eigenvalue weighted by Gasteiger charge is -2.04. The van der Waals surface area contributed by atoms with Gasteiger partial charge in [0.2, 0.25) is 5.95 Å². The van der Waals surface area contributed by atoms with Gasteiger partial charge in [0.25, 0.3) is 5.91 Å². The predicted octanol–water partition coefficient (Wildman–Crippen LogP) is 1.17. The molecule has 0 radical (unpaired) electrons. The minimum Gasteiger partial charge on any atom is -0.395 e. The van der Waals surface area contributed by atoms with E-state index in [9.17, 15) is 4.79 Å². The van der Waals surface area contributed by atoms with Crippen molar-refractivity contribution in [1.29, 1.82) is 0 Å². The van der Waals surface area contributed by atoms with Crippen LogP contribution in [0.5, 0.6) is 0 Å². The SMILES string of the molecule is Cc1cc(C#CCCO)cc(C(=O)Nc2nccnn2)c1. The summed E-state index contributed by atoms with van der Waals surface area (Å²) in [5, 5.41) is 18.6. The van der Waals surface area contributed by atoms with Gasteiger partial charge in [-0.2, -0.15) is 5.10 Å². The van der Waals surface area contributed by atoms with Crippen LogP contribution in [0.1, 0.15) is 27.9 Å². The number of carbonyl (C=O) groups excluding carboxylic acids is 1. The third-order valence-electron chi connectivity index (χ3n) is 2.52. The average Bonchev–Trinajstić information content (AvgIpc) is 2.48. The van der Waals surface area contributed by atoms with Crippen LogP contribution >= 0.6 is 0 Å². The minimum absolute atomic E-state index is 0.0184. The standard InChI is InChI=1S/C15H14N4O2/c1-11-8-12(4-2-3-7-20)10-13(9-11)14(21)18-15-16-5-6-17-19-15/h5-6,8-10,20H,3,7H2,1H3,(H,16,18,19,21). The largest absolute Gasteiger partial charge is 0.395 e. The van der Waals surface area contributed by atoms with E-state index in [0.717, 1.165) is 11.1 Å². The first-order chi connectivity index (χ1) is 10.2. The van der Waals surface area contributed by atoms with Crippen LogP contribution in [0.3, 0.4) is 0 Å². The predicted molar refractivity (Wildman–Crippen MR) is 77.5 cm³/mol. The molecule has 1 amide bonds. The van der Waals surface area contributed by atoms with Crippen LogP contribution in [0, 0.1) is 18.8 Å². The fraction of sp³-hybridized carbons (Fsp3) is 0.200. The Labute approximate surface area is 122 Å². The highest BCUT2D eigenvalue weighted by atomic mass is 16.2. The van der Waals surface area contributed by atoms with Crippen LogP contribution in [-0.2, 0) is 0 Å². The molecule has 2 rings (SSSR count). The molecule has 0 aliphatic rings. The van der Waals surface area contributed by atoms with Crippen molar-refractivity contribution < 1.29 is 9.90 Å². The van der Waals surface area contributed by atoms with Gasteiger partial charge < -0.3 is 5.11 Å². The number of hydrogen-bond acceptors (Lipinski definition) is 5. The molecule has 0 bridgehead atoms. The Morgan fingerprint density at radius 2 is 2.19 bits per heavy atom. The highest BCUT2D eigenvalue weighted by Gasteiger charge is 2.09. The lowest BCUT2D eigenvalue weighted by molar-refractivity contribution is 0.102. The summed E-state index contributed by atoms with van der Waals surface area (Å²) in [5.74, 6) is 5.57. The molecule has 1 heterocycles. The number of nitrogens with one attached hydrogen (secondary N) is 1. The van der Waals surface area contributed by atoms with Crippen molar-refractivity contribution in [3.63, 3.8) is 0 Å². The number of benzene rings is 1. The Balaban J connectivity index is 2.19. The van der Waals surface area contributed by atoms with Gasteiger partial charge in [0.15, 0.2) is 0 Å². The van der Waals surface area contributed by atoms with Gasteiger partial charge >= 0.3 is 0 Å². The molecular weight excluding hydrogens is 268 g/mol. The maximum Gasteiger partial charge on any atom is 0.258 e. The van der Waals surface area contributed by atoms with Crippen LogP contribution in [-0.4, -0.2) is 32.8 Å². The molecule has 0 unspecified atom stereocenters. The van der Waals surface area contributed by atoms with E-state index >= 15 is 0 Å². The first-order valence-corrected chi connectivity index (χ1v) is 6.35. The summed E-state index contributed by atoms with van der Waals surface area (Å²) in [5.41, 5.74) is 2.11. The van der Waals surface area contributed by atoms with Gasteiger partial charge in [-0.3, -0.25) is 10.1 Å². The summed E-state index contributed by atoms with van der Waals surface area (Å²) in [6.07, 6.45) is 3.28. The van der Waals surface area contributed by atoms with Crippen LogP contribution < -0.4 is 5.32 Å². The van der Waals surface area contributed by atoms with E-state index in [4.69, 9.17) is 5.11 Å². The maximum absolute atomic E-state index is 12.1. The molecule has 106 valence electrons. The highest BCUT2D eigenvalue weighted by Crippen LogP contribution is 2.10. The van der Waals surface area contributed by atoms with Crippen molar-refractivity contribution in [3.8, 4) is 11.8 Å². The van der Waals surface area contributed by atoms with Gasteiger partial charge in [-0.05, 0) is 30.7 Å². The van der Waals surface area contributed by atoms with Crippen molar-refractivity contribution >= 4 is 11.9 Å². The molecule has 0 fully saturated rings. The Hall–Kier alpha value is -2.78. The van der Waals surface area contributed by atoms with E-state index < -0.39 is 0 Å². The smallest absolute Gasteiger partial charge is 0.258 e. The van der Waals surface area contributed by atoms with E-state index in [0.29, 0.717) is 12.0 Å². The van der Waals surface area contributed by atoms with Gasteiger partial charge in [-0.15, -0.1) is 5.10 Å². The van der Waals surface area contributed by atoms with E-state index in [1.807, 2.05) is 13.0 Å². The lowest BCUT2D eigenvalue weighted by atomic mass is 10.1. The van der Waals surface area contributed by atoms with Gasteiger partial charge in [-0.25, -0.2) is 4.98 Å². The highest BCUT2D eigenvalue weighted by molar-refractivity contribution is 6.03. The number of amides is 1. The number of anilines is 1. The third kappa shape index (κ3) is 4.37. The molecule has 1 aromatic carbocycles. The molecule has 21 heavy (non-hydrogen) atoms. The molecule has 1 aromatic heterocycles. The fourth-order valence-corrected chi connectivity index (χ4v) is 1.69. The Morgan fingerprint density at radius 1 is 1.33 bits per heavy atom. The second-order valence-corrected chi connectivity index (χ2v) is 4.28. The Morgan fingerprint density at radius 3 is 2.90 bits per heavy atom. The summed E-state index contributed by atoms with van der Waals surface area (Å²) in [6, 6.07) is 5.31. The number of aryl methyl sites for hydroxylation is 1. The van der Waals surface area contributed by atoms with E-state index in [1.165, 1.54) is 12.4 Å². The van der Waals surface area contributed by atoms with Gasteiger partial charge in [-0.1, -0.05) is 11.8 Å². The van der Waals surface area contributed by atoms with Gasteiger partial charge in [0, 0.05) is 17.5 Å². The second kappa shape index (κ2) is 7.12. The fourth-order valence-electron chi connectivity index (χ4n) is 1.69. The number of aliphatic hydroxyl groups excluding tert-OH is 1. The first kappa shape index (κ1) is 14.6. The Bertz CT molecular complexity index is 690. The molecule has 0 saturated heterocycles. The number of nitrogens with zero attached hydrogens (tertiary/aromatic N) is 3.